The van der Waals surface area contributed by atoms with Crippen LogP contribution in [0, 0.1) is 12.8 Å². The van der Waals surface area contributed by atoms with Gasteiger partial charge < -0.3 is 25.2 Å². The van der Waals surface area contributed by atoms with Crippen molar-refractivity contribution in [3.05, 3.63) is 155 Å². The fraction of sp³-hybridized carbons (Fsp3) is 0.256. The molecule has 1 aliphatic rings. The second-order valence-corrected chi connectivity index (χ2v) is 16.4. The zero-order chi connectivity index (χ0) is 39.0. The van der Waals surface area contributed by atoms with Crippen molar-refractivity contribution in [1.29, 1.82) is 0 Å². The van der Waals surface area contributed by atoms with Gasteiger partial charge in [-0.15, -0.1) is 11.8 Å². The first-order chi connectivity index (χ1) is 26.5. The molecule has 286 valence electrons. The third-order valence-electron chi connectivity index (χ3n) is 9.39. The summed E-state index contributed by atoms with van der Waals surface area (Å²) in [6.45, 7) is 5.40. The number of sulfonamides is 1. The van der Waals surface area contributed by atoms with E-state index < -0.39 is 28.3 Å². The van der Waals surface area contributed by atoms with E-state index in [2.05, 4.69) is 22.3 Å². The number of carbonyl (C=O) groups is 2. The molecule has 0 aliphatic carbocycles. The van der Waals surface area contributed by atoms with Gasteiger partial charge in [0, 0.05) is 40.4 Å². The van der Waals surface area contributed by atoms with Gasteiger partial charge in [-0.2, -0.15) is 4.72 Å². The van der Waals surface area contributed by atoms with Crippen LogP contribution in [-0.4, -0.2) is 43.2 Å². The number of benzene rings is 5. The summed E-state index contributed by atoms with van der Waals surface area (Å²) in [7, 11) is -4.00. The van der Waals surface area contributed by atoms with Crippen LogP contribution in [0.1, 0.15) is 54.1 Å². The number of hydrogen-bond donors (Lipinski definition) is 4. The normalized spacial score (nSPS) is 19.0. The largest absolute Gasteiger partial charge is 0.392 e. The van der Waals surface area contributed by atoms with Crippen LogP contribution in [0.5, 0.6) is 0 Å². The summed E-state index contributed by atoms with van der Waals surface area (Å²) < 4.78 is 42.6. The van der Waals surface area contributed by atoms with Gasteiger partial charge in [0.1, 0.15) is 6.04 Å². The molecule has 6 rings (SSSR count). The summed E-state index contributed by atoms with van der Waals surface area (Å²) in [5, 5.41) is 15.3. The first-order valence-corrected chi connectivity index (χ1v) is 20.5. The van der Waals surface area contributed by atoms with Gasteiger partial charge in [0.25, 0.3) is 0 Å². The molecule has 0 aromatic heterocycles. The van der Waals surface area contributed by atoms with Crippen molar-refractivity contribution in [1.82, 2.24) is 4.72 Å². The lowest BCUT2D eigenvalue weighted by molar-refractivity contribution is -0.268. The van der Waals surface area contributed by atoms with Crippen LogP contribution in [0.15, 0.2) is 137 Å². The molecule has 1 saturated heterocycles. The minimum absolute atomic E-state index is 0.0221. The van der Waals surface area contributed by atoms with Gasteiger partial charge in [0.15, 0.2) is 6.29 Å². The summed E-state index contributed by atoms with van der Waals surface area (Å²) in [4.78, 5) is 26.3. The number of amides is 2. The molecule has 0 spiro atoms. The Kier molecular flexibility index (Phi) is 13.2. The molecule has 12 heteroatoms. The number of rotatable bonds is 14. The van der Waals surface area contributed by atoms with Crippen molar-refractivity contribution >= 4 is 45.0 Å². The quantitative estimate of drug-likeness (QED) is 0.0847. The summed E-state index contributed by atoms with van der Waals surface area (Å²) in [5.74, 6) is -0.00903. The summed E-state index contributed by atoms with van der Waals surface area (Å²) in [6, 6.07) is 37.2. The molecule has 0 saturated carbocycles. The molecule has 1 fully saturated rings. The molecular weight excluding hydrogens is 735 g/mol. The van der Waals surface area contributed by atoms with Gasteiger partial charge in [0.2, 0.25) is 21.8 Å². The van der Waals surface area contributed by atoms with Crippen LogP contribution in [0.2, 0.25) is 0 Å². The molecule has 5 aromatic carbocycles. The molecular formula is C43H45N3O7S2. The topological polar surface area (TPSA) is 143 Å². The maximum absolute atomic E-state index is 13.7. The Morgan fingerprint density at radius 3 is 2.02 bits per heavy atom. The smallest absolute Gasteiger partial charge is 0.242 e. The fourth-order valence-corrected chi connectivity index (χ4v) is 8.55. The third-order valence-corrected chi connectivity index (χ3v) is 12.0. The maximum atomic E-state index is 13.7. The van der Waals surface area contributed by atoms with Crippen LogP contribution in [0.25, 0.3) is 0 Å². The predicted octanol–water partition coefficient (Wildman–Crippen LogP) is 7.56. The monoisotopic (exact) mass is 779 g/mol. The number of aryl methyl sites for hydroxylation is 1. The van der Waals surface area contributed by atoms with Gasteiger partial charge in [-0.1, -0.05) is 91.3 Å². The van der Waals surface area contributed by atoms with Crippen molar-refractivity contribution in [2.45, 2.75) is 68.1 Å². The average Bonchev–Trinajstić information content (AvgIpc) is 3.18. The van der Waals surface area contributed by atoms with Gasteiger partial charge in [-0.05, 0) is 78.6 Å². The van der Waals surface area contributed by atoms with E-state index in [1.54, 1.807) is 36.0 Å². The van der Waals surface area contributed by atoms with Crippen molar-refractivity contribution in [2.75, 3.05) is 16.4 Å². The lowest BCUT2D eigenvalue weighted by Crippen LogP contribution is -2.45. The molecule has 2 amide bonds. The van der Waals surface area contributed by atoms with E-state index in [1.807, 2.05) is 97.9 Å². The molecule has 55 heavy (non-hydrogen) atoms. The van der Waals surface area contributed by atoms with Gasteiger partial charge >= 0.3 is 0 Å². The second kappa shape index (κ2) is 18.2. The number of aliphatic hydroxyl groups excluding tert-OH is 1. The van der Waals surface area contributed by atoms with E-state index in [4.69, 9.17) is 9.47 Å². The minimum Gasteiger partial charge on any atom is -0.392 e. The fourth-order valence-electron chi connectivity index (χ4n) is 6.29. The predicted molar refractivity (Wildman–Crippen MR) is 215 cm³/mol. The Bertz CT molecular complexity index is 2150. The first kappa shape index (κ1) is 39.9. The van der Waals surface area contributed by atoms with Crippen LogP contribution >= 0.6 is 11.8 Å². The van der Waals surface area contributed by atoms with E-state index in [0.717, 1.165) is 38.4 Å². The third kappa shape index (κ3) is 10.7. The number of anilines is 2. The summed E-state index contributed by atoms with van der Waals surface area (Å²) in [6.07, 6.45) is -1.08. The van der Waals surface area contributed by atoms with E-state index >= 15 is 0 Å². The highest BCUT2D eigenvalue weighted by atomic mass is 32.2. The van der Waals surface area contributed by atoms with Crippen molar-refractivity contribution < 1.29 is 32.6 Å². The molecule has 5 atom stereocenters. The number of ether oxygens (including phenoxy) is 2. The Morgan fingerprint density at radius 1 is 0.764 bits per heavy atom. The highest BCUT2D eigenvalue weighted by Crippen LogP contribution is 2.43. The van der Waals surface area contributed by atoms with Crippen molar-refractivity contribution in [2.24, 2.45) is 5.92 Å². The number of carbonyl (C=O) groups excluding carboxylic acids is 2. The summed E-state index contributed by atoms with van der Waals surface area (Å²) >= 11 is 1.65. The van der Waals surface area contributed by atoms with Crippen LogP contribution in [-0.2, 0) is 42.1 Å². The Balaban J connectivity index is 1.18. The molecule has 4 N–H and O–H groups in total. The Morgan fingerprint density at radius 2 is 1.38 bits per heavy atom. The summed E-state index contributed by atoms with van der Waals surface area (Å²) in [5.41, 5.74) is 5.46. The van der Waals surface area contributed by atoms with Crippen LogP contribution < -0.4 is 15.4 Å². The van der Waals surface area contributed by atoms with Gasteiger partial charge in [-0.3, -0.25) is 9.59 Å². The van der Waals surface area contributed by atoms with E-state index in [0.29, 0.717) is 11.4 Å². The van der Waals surface area contributed by atoms with E-state index in [-0.39, 0.29) is 42.0 Å². The molecule has 1 aliphatic heterocycles. The minimum atomic E-state index is -4.00. The standard InChI is InChI=1S/C43H45N3O7S2/c1-28-9-23-38(24-10-28)55(50,51)46-39(25-31-7-5-4-6-8-31)42(49)45-36-17-15-34(16-18-36)43-52-40(27-54-37-21-19-35(20-22-37)44-30(3)48)29(2)41(53-43)33-13-11-32(26-47)12-14-33/h4-24,29,39-41,43,46-47H,25-27H2,1-3H3,(H,44,48)(H,45,49). The molecule has 0 bridgehead atoms. The SMILES string of the molecule is CC(=O)Nc1ccc(SCC2OC(c3ccc(NC(=O)C(Cc4ccccc4)NS(=O)(=O)c4ccc(C)cc4)cc3)OC(c3ccc(CO)cc3)C2C)cc1. The highest BCUT2D eigenvalue weighted by molar-refractivity contribution is 7.99. The second-order valence-electron chi connectivity index (χ2n) is 13.6. The maximum Gasteiger partial charge on any atom is 0.242 e. The van der Waals surface area contributed by atoms with Gasteiger partial charge in [0.05, 0.1) is 23.7 Å². The molecule has 1 heterocycles. The average molecular weight is 780 g/mol. The Hall–Kier alpha value is -4.82. The van der Waals surface area contributed by atoms with Crippen molar-refractivity contribution in [3.8, 4) is 0 Å². The highest BCUT2D eigenvalue weighted by Gasteiger charge is 2.38. The number of nitrogens with one attached hydrogen (secondary N) is 3. The van der Waals surface area contributed by atoms with Crippen LogP contribution in [0.4, 0.5) is 11.4 Å². The molecule has 5 aromatic rings. The number of hydrogen-bond acceptors (Lipinski definition) is 8. The zero-order valence-electron chi connectivity index (χ0n) is 30.8. The van der Waals surface area contributed by atoms with Gasteiger partial charge in [-0.25, -0.2) is 8.42 Å². The molecule has 0 radical (unpaired) electrons. The van der Waals surface area contributed by atoms with E-state index in [9.17, 15) is 23.1 Å². The number of thioether (sulfide) groups is 1. The van der Waals surface area contributed by atoms with E-state index in [1.165, 1.54) is 19.1 Å². The lowest BCUT2D eigenvalue weighted by atomic mass is 9.91. The lowest BCUT2D eigenvalue weighted by Gasteiger charge is -2.41. The zero-order valence-corrected chi connectivity index (χ0v) is 32.5. The number of aliphatic hydroxyl groups is 1. The van der Waals surface area contributed by atoms with Crippen molar-refractivity contribution in [3.63, 3.8) is 0 Å². The Labute approximate surface area is 326 Å². The molecule has 10 nitrogen and oxygen atoms in total. The molecule has 5 unspecified atom stereocenters. The first-order valence-electron chi connectivity index (χ1n) is 18.0. The van der Waals surface area contributed by atoms with Crippen LogP contribution in [0.3, 0.4) is 0 Å².